The molecule has 0 aromatic heterocycles. The van der Waals surface area contributed by atoms with Crippen molar-refractivity contribution in [2.24, 2.45) is 0 Å². The van der Waals surface area contributed by atoms with Gasteiger partial charge in [-0.3, -0.25) is 4.79 Å². The van der Waals surface area contributed by atoms with Crippen LogP contribution in [0, 0.1) is 6.92 Å². The summed E-state index contributed by atoms with van der Waals surface area (Å²) in [6.45, 7) is 9.39. The molecule has 0 aliphatic rings. The third-order valence-corrected chi connectivity index (χ3v) is 4.84. The summed E-state index contributed by atoms with van der Waals surface area (Å²) >= 11 is 0. The van der Waals surface area contributed by atoms with Gasteiger partial charge in [-0.2, -0.15) is 0 Å². The first-order chi connectivity index (χ1) is 8.23. The maximum Gasteiger partial charge on any atom is 0.338 e. The summed E-state index contributed by atoms with van der Waals surface area (Å²) < 4.78 is 5.42. The second-order valence-electron chi connectivity index (χ2n) is 5.58. The molecule has 0 bridgehead atoms. The van der Waals surface area contributed by atoms with E-state index in [0.29, 0.717) is 5.56 Å². The Morgan fingerprint density at radius 3 is 2.17 bits per heavy atom. The van der Waals surface area contributed by atoms with Gasteiger partial charge in [0.05, 0.1) is 5.56 Å². The third-order valence-electron chi connectivity index (χ3n) is 2.75. The van der Waals surface area contributed by atoms with Crippen LogP contribution in [0.25, 0.3) is 0 Å². The molecular formula is C14H20O3Si. The number of aryl methyl sites for hydroxylation is 1. The molecule has 1 rings (SSSR count). The standard InChI is InChI=1S/C14H20O3Si/c1-10-8-6-7-9-12(10)13(16)17-14(11(2)15)18(3,4)5/h6-9,14H,1-5H3. The van der Waals surface area contributed by atoms with Crippen molar-refractivity contribution in [1.29, 1.82) is 0 Å². The number of benzene rings is 1. The summed E-state index contributed by atoms with van der Waals surface area (Å²) in [7, 11) is -1.86. The Labute approximate surface area is 109 Å². The predicted octanol–water partition coefficient (Wildman–Crippen LogP) is 2.99. The van der Waals surface area contributed by atoms with Crippen LogP contribution in [0.15, 0.2) is 24.3 Å². The zero-order chi connectivity index (χ0) is 13.9. The van der Waals surface area contributed by atoms with Crippen LogP contribution in [0.2, 0.25) is 19.6 Å². The van der Waals surface area contributed by atoms with E-state index in [2.05, 4.69) is 0 Å². The van der Waals surface area contributed by atoms with Crippen LogP contribution in [0.5, 0.6) is 0 Å². The molecule has 1 atom stereocenters. The quantitative estimate of drug-likeness (QED) is 0.620. The number of Topliss-reactive ketones (excluding diaryl/α,β-unsaturated/α-hetero) is 1. The van der Waals surface area contributed by atoms with Crippen LogP contribution >= 0.6 is 0 Å². The molecule has 0 aliphatic heterocycles. The molecule has 0 saturated carbocycles. The van der Waals surface area contributed by atoms with Crippen LogP contribution in [0.3, 0.4) is 0 Å². The Kier molecular flexibility index (Phi) is 4.46. The topological polar surface area (TPSA) is 43.4 Å². The van der Waals surface area contributed by atoms with Crippen molar-refractivity contribution in [3.05, 3.63) is 35.4 Å². The van der Waals surface area contributed by atoms with E-state index in [1.54, 1.807) is 12.1 Å². The molecule has 18 heavy (non-hydrogen) atoms. The first-order valence-electron chi connectivity index (χ1n) is 6.00. The normalized spacial score (nSPS) is 12.9. The van der Waals surface area contributed by atoms with E-state index >= 15 is 0 Å². The fraction of sp³-hybridized carbons (Fsp3) is 0.429. The fourth-order valence-corrected chi connectivity index (χ4v) is 3.52. The van der Waals surface area contributed by atoms with E-state index in [1.165, 1.54) is 6.92 Å². The molecule has 0 heterocycles. The summed E-state index contributed by atoms with van der Waals surface area (Å²) in [5.41, 5.74) is 0.812. The highest BCUT2D eigenvalue weighted by molar-refractivity contribution is 6.80. The van der Waals surface area contributed by atoms with E-state index in [1.807, 2.05) is 38.7 Å². The van der Waals surface area contributed by atoms with Crippen molar-refractivity contribution >= 4 is 19.8 Å². The first-order valence-corrected chi connectivity index (χ1v) is 9.58. The minimum Gasteiger partial charge on any atom is -0.455 e. The van der Waals surface area contributed by atoms with Crippen LogP contribution in [0.4, 0.5) is 0 Å². The number of hydrogen-bond acceptors (Lipinski definition) is 3. The number of rotatable bonds is 4. The lowest BCUT2D eigenvalue weighted by atomic mass is 10.1. The Bertz CT molecular complexity index is 460. The van der Waals surface area contributed by atoms with Gasteiger partial charge in [-0.1, -0.05) is 37.8 Å². The number of ether oxygens (including phenoxy) is 1. The average molecular weight is 264 g/mol. The lowest BCUT2D eigenvalue weighted by Crippen LogP contribution is -2.46. The molecule has 1 aromatic carbocycles. The van der Waals surface area contributed by atoms with Crippen LogP contribution in [-0.2, 0) is 9.53 Å². The molecule has 0 N–H and O–H groups in total. The fourth-order valence-electron chi connectivity index (χ4n) is 1.84. The highest BCUT2D eigenvalue weighted by Gasteiger charge is 2.34. The van der Waals surface area contributed by atoms with E-state index in [9.17, 15) is 9.59 Å². The zero-order valence-corrected chi connectivity index (χ0v) is 12.6. The lowest BCUT2D eigenvalue weighted by Gasteiger charge is -2.26. The summed E-state index contributed by atoms with van der Waals surface area (Å²) in [4.78, 5) is 23.7. The molecule has 1 aromatic rings. The minimum absolute atomic E-state index is 0.0731. The van der Waals surface area contributed by atoms with Gasteiger partial charge in [-0.05, 0) is 25.5 Å². The van der Waals surface area contributed by atoms with Gasteiger partial charge in [-0.15, -0.1) is 0 Å². The van der Waals surface area contributed by atoms with Gasteiger partial charge < -0.3 is 4.74 Å². The van der Waals surface area contributed by atoms with Gasteiger partial charge in [0.25, 0.3) is 0 Å². The van der Waals surface area contributed by atoms with Crippen molar-refractivity contribution in [3.8, 4) is 0 Å². The van der Waals surface area contributed by atoms with Gasteiger partial charge in [0.2, 0.25) is 0 Å². The van der Waals surface area contributed by atoms with Crippen LogP contribution in [0.1, 0.15) is 22.8 Å². The molecule has 0 radical (unpaired) electrons. The summed E-state index contributed by atoms with van der Waals surface area (Å²) in [6, 6.07) is 7.24. The molecule has 0 aliphatic carbocycles. The van der Waals surface area contributed by atoms with Crippen molar-refractivity contribution in [2.75, 3.05) is 0 Å². The molecule has 3 nitrogen and oxygen atoms in total. The predicted molar refractivity (Wildman–Crippen MR) is 74.4 cm³/mol. The Morgan fingerprint density at radius 1 is 1.17 bits per heavy atom. The van der Waals surface area contributed by atoms with Crippen molar-refractivity contribution in [1.82, 2.24) is 0 Å². The van der Waals surface area contributed by atoms with E-state index in [-0.39, 0.29) is 5.78 Å². The Balaban J connectivity index is 2.93. The molecule has 0 saturated heterocycles. The molecule has 0 fully saturated rings. The van der Waals surface area contributed by atoms with Crippen molar-refractivity contribution in [3.63, 3.8) is 0 Å². The van der Waals surface area contributed by atoms with E-state index in [0.717, 1.165) is 5.56 Å². The summed E-state index contributed by atoms with van der Waals surface area (Å²) in [5.74, 6) is -0.480. The van der Waals surface area contributed by atoms with Gasteiger partial charge in [0.15, 0.2) is 5.78 Å². The number of carbonyl (C=O) groups is 2. The van der Waals surface area contributed by atoms with Crippen molar-refractivity contribution < 1.29 is 14.3 Å². The second-order valence-corrected chi connectivity index (χ2v) is 10.8. The maximum absolute atomic E-state index is 12.1. The molecule has 4 heteroatoms. The highest BCUT2D eigenvalue weighted by atomic mass is 28.3. The summed E-state index contributed by atoms with van der Waals surface area (Å²) in [6.07, 6.45) is 0. The van der Waals surface area contributed by atoms with E-state index < -0.39 is 19.8 Å². The molecule has 0 amide bonds. The smallest absolute Gasteiger partial charge is 0.338 e. The van der Waals surface area contributed by atoms with Gasteiger partial charge in [0, 0.05) is 0 Å². The van der Waals surface area contributed by atoms with Crippen LogP contribution in [-0.4, -0.2) is 25.6 Å². The molecule has 98 valence electrons. The number of carbonyl (C=O) groups excluding carboxylic acids is 2. The number of hydrogen-bond donors (Lipinski definition) is 0. The average Bonchev–Trinajstić information content (AvgIpc) is 2.24. The second kappa shape index (κ2) is 5.48. The monoisotopic (exact) mass is 264 g/mol. The zero-order valence-electron chi connectivity index (χ0n) is 11.6. The Hall–Kier alpha value is -1.42. The lowest BCUT2D eigenvalue weighted by molar-refractivity contribution is -0.122. The highest BCUT2D eigenvalue weighted by Crippen LogP contribution is 2.16. The maximum atomic E-state index is 12.1. The van der Waals surface area contributed by atoms with E-state index in [4.69, 9.17) is 4.74 Å². The minimum atomic E-state index is -1.86. The largest absolute Gasteiger partial charge is 0.455 e. The summed E-state index contributed by atoms with van der Waals surface area (Å²) in [5, 5.41) is 0. The molecule has 0 spiro atoms. The third kappa shape index (κ3) is 3.53. The number of esters is 1. The van der Waals surface area contributed by atoms with Crippen molar-refractivity contribution in [2.45, 2.75) is 39.2 Å². The van der Waals surface area contributed by atoms with Gasteiger partial charge >= 0.3 is 5.97 Å². The first kappa shape index (κ1) is 14.6. The van der Waals surface area contributed by atoms with Gasteiger partial charge in [0.1, 0.15) is 13.8 Å². The molecular weight excluding hydrogens is 244 g/mol. The van der Waals surface area contributed by atoms with Gasteiger partial charge in [-0.25, -0.2) is 4.79 Å². The SMILES string of the molecule is CC(=O)C(OC(=O)c1ccccc1C)[Si](C)(C)C. The Morgan fingerprint density at radius 2 is 1.72 bits per heavy atom. The van der Waals surface area contributed by atoms with Crippen LogP contribution < -0.4 is 0 Å². The molecule has 1 unspecified atom stereocenters. The number of ketones is 1.